The lowest BCUT2D eigenvalue weighted by molar-refractivity contribution is -0.0694. The second-order valence-electron chi connectivity index (χ2n) is 5.33. The van der Waals surface area contributed by atoms with E-state index >= 15 is 0 Å². The topological polar surface area (TPSA) is 53.1 Å². The number of nitrogens with two attached hydrogens (primary N) is 1. The van der Waals surface area contributed by atoms with Crippen LogP contribution in [-0.2, 0) is 11.8 Å². The highest BCUT2D eigenvalue weighted by Gasteiger charge is 2.41. The Morgan fingerprint density at radius 2 is 2.18 bits per heavy atom. The quantitative estimate of drug-likeness (QED) is 0.875. The third-order valence-corrected chi connectivity index (χ3v) is 4.23. The lowest BCUT2D eigenvalue weighted by Crippen LogP contribution is -2.46. The Balaban J connectivity index is 2.21. The summed E-state index contributed by atoms with van der Waals surface area (Å²) in [6.07, 6.45) is 8.16. The Bertz CT molecular complexity index is 366. The van der Waals surface area contributed by atoms with E-state index in [-0.39, 0.29) is 11.6 Å². The van der Waals surface area contributed by atoms with E-state index in [0.717, 1.165) is 24.6 Å². The molecule has 1 aliphatic rings. The Hall–Kier alpha value is -0.870. The maximum atomic E-state index is 6.40. The van der Waals surface area contributed by atoms with Gasteiger partial charge in [-0.2, -0.15) is 0 Å². The SMILES string of the molecule is COC1(C(N)c2nccn2C)CCC(C)CC1. The van der Waals surface area contributed by atoms with E-state index < -0.39 is 0 Å². The van der Waals surface area contributed by atoms with Crippen LogP contribution < -0.4 is 5.73 Å². The molecule has 0 aliphatic heterocycles. The zero-order chi connectivity index (χ0) is 12.5. The Kier molecular flexibility index (Phi) is 3.54. The van der Waals surface area contributed by atoms with Crippen LogP contribution in [0, 0.1) is 5.92 Å². The number of nitrogens with zero attached hydrogens (tertiary/aromatic N) is 2. The first-order valence-electron chi connectivity index (χ1n) is 6.37. The van der Waals surface area contributed by atoms with Crippen molar-refractivity contribution in [2.24, 2.45) is 18.7 Å². The third kappa shape index (κ3) is 2.24. The van der Waals surface area contributed by atoms with E-state index in [9.17, 15) is 0 Å². The Labute approximate surface area is 103 Å². The first-order chi connectivity index (χ1) is 8.09. The van der Waals surface area contributed by atoms with E-state index in [1.807, 2.05) is 17.8 Å². The summed E-state index contributed by atoms with van der Waals surface area (Å²) in [4.78, 5) is 4.36. The van der Waals surface area contributed by atoms with Crippen molar-refractivity contribution < 1.29 is 4.74 Å². The number of imidazole rings is 1. The lowest BCUT2D eigenvalue weighted by Gasteiger charge is -2.42. The number of methoxy groups -OCH3 is 1. The molecule has 0 saturated heterocycles. The highest BCUT2D eigenvalue weighted by molar-refractivity contribution is 5.07. The highest BCUT2D eigenvalue weighted by atomic mass is 16.5. The number of rotatable bonds is 3. The van der Waals surface area contributed by atoms with E-state index in [4.69, 9.17) is 10.5 Å². The summed E-state index contributed by atoms with van der Waals surface area (Å²) >= 11 is 0. The summed E-state index contributed by atoms with van der Waals surface area (Å²) in [5.41, 5.74) is 6.17. The van der Waals surface area contributed by atoms with Crippen LogP contribution in [0.25, 0.3) is 0 Å². The molecular weight excluding hydrogens is 214 g/mol. The fourth-order valence-electron chi connectivity index (χ4n) is 2.80. The Morgan fingerprint density at radius 3 is 2.65 bits per heavy atom. The maximum absolute atomic E-state index is 6.40. The molecule has 0 amide bonds. The van der Waals surface area contributed by atoms with Crippen LogP contribution >= 0.6 is 0 Å². The minimum Gasteiger partial charge on any atom is -0.376 e. The monoisotopic (exact) mass is 237 g/mol. The van der Waals surface area contributed by atoms with Gasteiger partial charge in [-0.25, -0.2) is 4.98 Å². The molecule has 4 heteroatoms. The van der Waals surface area contributed by atoms with Gasteiger partial charge in [-0.15, -0.1) is 0 Å². The molecule has 1 fully saturated rings. The largest absolute Gasteiger partial charge is 0.376 e. The van der Waals surface area contributed by atoms with Gasteiger partial charge in [0, 0.05) is 26.6 Å². The van der Waals surface area contributed by atoms with Crippen molar-refractivity contribution in [1.29, 1.82) is 0 Å². The van der Waals surface area contributed by atoms with Gasteiger partial charge in [0.05, 0.1) is 11.6 Å². The van der Waals surface area contributed by atoms with Gasteiger partial charge in [-0.05, 0) is 31.6 Å². The van der Waals surface area contributed by atoms with Crippen molar-refractivity contribution >= 4 is 0 Å². The summed E-state index contributed by atoms with van der Waals surface area (Å²) in [5, 5.41) is 0. The van der Waals surface area contributed by atoms with Gasteiger partial charge in [0.25, 0.3) is 0 Å². The van der Waals surface area contributed by atoms with Crippen LogP contribution in [-0.4, -0.2) is 22.3 Å². The van der Waals surface area contributed by atoms with Crippen molar-refractivity contribution in [2.75, 3.05) is 7.11 Å². The first-order valence-corrected chi connectivity index (χ1v) is 6.37. The number of hydrogen-bond donors (Lipinski definition) is 1. The number of aromatic nitrogens is 2. The van der Waals surface area contributed by atoms with E-state index in [1.54, 1.807) is 13.3 Å². The predicted octanol–water partition coefficient (Wildman–Crippen LogP) is 2.02. The minimum absolute atomic E-state index is 0.139. The molecule has 1 heterocycles. The van der Waals surface area contributed by atoms with Gasteiger partial charge in [0.2, 0.25) is 0 Å². The summed E-state index contributed by atoms with van der Waals surface area (Å²) in [5.74, 6) is 1.70. The standard InChI is InChI=1S/C13H23N3O/c1-10-4-6-13(17-3,7-5-10)11(14)12-15-8-9-16(12)2/h8-11H,4-7,14H2,1-3H3. The van der Waals surface area contributed by atoms with Crippen LogP contribution in [0.15, 0.2) is 12.4 Å². The van der Waals surface area contributed by atoms with Crippen molar-refractivity contribution in [3.8, 4) is 0 Å². The molecule has 0 aromatic carbocycles. The third-order valence-electron chi connectivity index (χ3n) is 4.23. The van der Waals surface area contributed by atoms with Crippen LogP contribution in [0.2, 0.25) is 0 Å². The molecular formula is C13H23N3O. The molecule has 96 valence electrons. The average Bonchev–Trinajstić information content (AvgIpc) is 2.76. The predicted molar refractivity (Wildman–Crippen MR) is 67.5 cm³/mol. The lowest BCUT2D eigenvalue weighted by atomic mass is 9.75. The normalized spacial score (nSPS) is 31.4. The van der Waals surface area contributed by atoms with Crippen LogP contribution in [0.1, 0.15) is 44.5 Å². The molecule has 1 atom stereocenters. The highest BCUT2D eigenvalue weighted by Crippen LogP contribution is 2.41. The van der Waals surface area contributed by atoms with E-state index in [2.05, 4.69) is 11.9 Å². The molecule has 1 aliphatic carbocycles. The van der Waals surface area contributed by atoms with Crippen molar-refractivity contribution in [3.63, 3.8) is 0 Å². The summed E-state index contributed by atoms with van der Waals surface area (Å²) in [6, 6.07) is -0.139. The second kappa shape index (κ2) is 4.78. The molecule has 0 radical (unpaired) electrons. The van der Waals surface area contributed by atoms with Gasteiger partial charge in [-0.3, -0.25) is 0 Å². The van der Waals surface area contributed by atoms with Gasteiger partial charge >= 0.3 is 0 Å². The summed E-state index contributed by atoms with van der Waals surface area (Å²) < 4.78 is 7.78. The average molecular weight is 237 g/mol. The van der Waals surface area contributed by atoms with Gasteiger partial charge in [0.1, 0.15) is 5.82 Å². The zero-order valence-corrected chi connectivity index (χ0v) is 11.0. The van der Waals surface area contributed by atoms with Crippen LogP contribution in [0.4, 0.5) is 0 Å². The van der Waals surface area contributed by atoms with E-state index in [0.29, 0.717) is 0 Å². The summed E-state index contributed by atoms with van der Waals surface area (Å²) in [7, 11) is 3.76. The molecule has 1 aromatic rings. The minimum atomic E-state index is -0.231. The Morgan fingerprint density at radius 1 is 1.53 bits per heavy atom. The molecule has 1 aromatic heterocycles. The first kappa shape index (κ1) is 12.6. The van der Waals surface area contributed by atoms with Crippen molar-refractivity contribution in [3.05, 3.63) is 18.2 Å². The van der Waals surface area contributed by atoms with Gasteiger partial charge in [0.15, 0.2) is 0 Å². The van der Waals surface area contributed by atoms with Crippen LogP contribution in [0.3, 0.4) is 0 Å². The second-order valence-corrected chi connectivity index (χ2v) is 5.33. The molecule has 4 nitrogen and oxygen atoms in total. The molecule has 2 rings (SSSR count). The van der Waals surface area contributed by atoms with Gasteiger partial charge in [-0.1, -0.05) is 6.92 Å². The summed E-state index contributed by atoms with van der Waals surface area (Å²) in [6.45, 7) is 2.30. The van der Waals surface area contributed by atoms with Gasteiger partial charge < -0.3 is 15.0 Å². The fourth-order valence-corrected chi connectivity index (χ4v) is 2.80. The molecule has 0 bridgehead atoms. The molecule has 0 spiro atoms. The van der Waals surface area contributed by atoms with Crippen molar-refractivity contribution in [1.82, 2.24) is 9.55 Å². The van der Waals surface area contributed by atoms with Crippen molar-refractivity contribution in [2.45, 2.75) is 44.2 Å². The van der Waals surface area contributed by atoms with Crippen LogP contribution in [0.5, 0.6) is 0 Å². The fraction of sp³-hybridized carbons (Fsp3) is 0.769. The molecule has 17 heavy (non-hydrogen) atoms. The van der Waals surface area contributed by atoms with E-state index in [1.165, 1.54) is 12.8 Å². The molecule has 2 N–H and O–H groups in total. The molecule has 1 saturated carbocycles. The zero-order valence-electron chi connectivity index (χ0n) is 11.0. The number of aryl methyl sites for hydroxylation is 1. The smallest absolute Gasteiger partial charge is 0.128 e. The number of hydrogen-bond acceptors (Lipinski definition) is 3. The molecule has 1 unspecified atom stereocenters. The number of ether oxygens (including phenoxy) is 1. The maximum Gasteiger partial charge on any atom is 0.128 e.